The van der Waals surface area contributed by atoms with Gasteiger partial charge in [0.1, 0.15) is 0 Å². The Morgan fingerprint density at radius 2 is 2.25 bits per heavy atom. The molecule has 0 saturated carbocycles. The number of halogens is 2. The number of aliphatic hydroxyl groups excluding tert-OH is 1. The Kier molecular flexibility index (Phi) is 3.10. The number of hydrogen-bond acceptors (Lipinski definition) is 2. The molecule has 1 aromatic rings. The van der Waals surface area contributed by atoms with Gasteiger partial charge in [-0.25, -0.2) is 0 Å². The van der Waals surface area contributed by atoms with Gasteiger partial charge in [-0.3, -0.25) is 0 Å². The van der Waals surface area contributed by atoms with Crippen molar-refractivity contribution in [3.05, 3.63) is 33.3 Å². The quantitative estimate of drug-likeness (QED) is 0.774. The largest absolute Gasteiger partial charge is 0.374 e. The van der Waals surface area contributed by atoms with Crippen LogP contribution in [0.1, 0.15) is 11.7 Å². The Morgan fingerprint density at radius 3 is 2.75 bits per heavy atom. The van der Waals surface area contributed by atoms with Crippen molar-refractivity contribution >= 4 is 27.5 Å². The van der Waals surface area contributed by atoms with E-state index in [9.17, 15) is 0 Å². The lowest BCUT2D eigenvalue weighted by Crippen LogP contribution is -1.93. The lowest BCUT2D eigenvalue weighted by atomic mass is 10.1. The fraction of sp³-hybridized carbons (Fsp3) is 0.125. The van der Waals surface area contributed by atoms with Crippen LogP contribution in [0, 0.1) is 11.3 Å². The molecule has 12 heavy (non-hydrogen) atoms. The molecule has 1 unspecified atom stereocenters. The molecule has 0 aromatic heterocycles. The fourth-order valence-corrected chi connectivity index (χ4v) is 1.57. The highest BCUT2D eigenvalue weighted by atomic mass is 79.9. The van der Waals surface area contributed by atoms with Crippen LogP contribution in [0.2, 0.25) is 5.02 Å². The minimum absolute atomic E-state index is 0.387. The molecule has 62 valence electrons. The first-order valence-electron chi connectivity index (χ1n) is 3.18. The number of hydrogen-bond donors (Lipinski definition) is 1. The zero-order valence-electron chi connectivity index (χ0n) is 5.96. The number of nitriles is 1. The second kappa shape index (κ2) is 3.90. The van der Waals surface area contributed by atoms with Crippen molar-refractivity contribution in [2.75, 3.05) is 0 Å². The second-order valence-electron chi connectivity index (χ2n) is 2.20. The van der Waals surface area contributed by atoms with Gasteiger partial charge in [-0.15, -0.1) is 0 Å². The third-order valence-electron chi connectivity index (χ3n) is 1.38. The number of rotatable bonds is 1. The summed E-state index contributed by atoms with van der Waals surface area (Å²) in [5.74, 6) is 0. The maximum atomic E-state index is 9.14. The predicted octanol–water partition coefficient (Wildman–Crippen LogP) is 2.66. The predicted molar refractivity (Wildman–Crippen MR) is 49.7 cm³/mol. The summed E-state index contributed by atoms with van der Waals surface area (Å²) in [7, 11) is 0. The van der Waals surface area contributed by atoms with E-state index in [0.717, 1.165) is 4.47 Å². The van der Waals surface area contributed by atoms with Gasteiger partial charge in [0.15, 0.2) is 6.10 Å². The molecule has 0 fully saturated rings. The van der Waals surface area contributed by atoms with E-state index in [1.165, 1.54) is 0 Å². The summed E-state index contributed by atoms with van der Waals surface area (Å²) >= 11 is 8.98. The molecule has 0 aliphatic heterocycles. The molecule has 2 nitrogen and oxygen atoms in total. The Labute approximate surface area is 83.5 Å². The molecular formula is C8H5BrClNO. The average molecular weight is 246 g/mol. The van der Waals surface area contributed by atoms with Crippen molar-refractivity contribution < 1.29 is 5.11 Å². The van der Waals surface area contributed by atoms with Crippen LogP contribution in [0.5, 0.6) is 0 Å². The average Bonchev–Trinajstić information content (AvgIpc) is 2.03. The van der Waals surface area contributed by atoms with E-state index >= 15 is 0 Å². The highest BCUT2D eigenvalue weighted by molar-refractivity contribution is 9.10. The topological polar surface area (TPSA) is 44.0 Å². The molecule has 0 radical (unpaired) electrons. The SMILES string of the molecule is N#CC(O)c1ccc(Br)cc1Cl. The number of aliphatic hydroxyl groups is 1. The molecule has 0 amide bonds. The summed E-state index contributed by atoms with van der Waals surface area (Å²) in [4.78, 5) is 0. The normalized spacial score (nSPS) is 12.2. The molecule has 0 heterocycles. The monoisotopic (exact) mass is 245 g/mol. The standard InChI is InChI=1S/C8H5BrClNO/c9-5-1-2-6(7(10)3-5)8(12)4-11/h1-3,8,12H. The molecule has 0 aliphatic rings. The highest BCUT2D eigenvalue weighted by Gasteiger charge is 2.09. The Morgan fingerprint density at radius 1 is 1.58 bits per heavy atom. The van der Waals surface area contributed by atoms with Gasteiger partial charge < -0.3 is 5.11 Å². The van der Waals surface area contributed by atoms with Gasteiger partial charge in [0.25, 0.3) is 0 Å². The summed E-state index contributed by atoms with van der Waals surface area (Å²) in [6.45, 7) is 0. The van der Waals surface area contributed by atoms with Gasteiger partial charge in [-0.1, -0.05) is 33.6 Å². The van der Waals surface area contributed by atoms with E-state index in [1.807, 2.05) is 0 Å². The summed E-state index contributed by atoms with van der Waals surface area (Å²) in [5.41, 5.74) is 0.433. The number of nitrogens with zero attached hydrogens (tertiary/aromatic N) is 1. The molecule has 0 saturated heterocycles. The zero-order valence-corrected chi connectivity index (χ0v) is 8.30. The molecule has 1 rings (SSSR count). The molecule has 1 N–H and O–H groups in total. The Balaban J connectivity index is 3.11. The molecule has 0 aliphatic carbocycles. The van der Waals surface area contributed by atoms with Crippen molar-refractivity contribution in [2.45, 2.75) is 6.10 Å². The van der Waals surface area contributed by atoms with E-state index in [0.29, 0.717) is 10.6 Å². The third kappa shape index (κ3) is 1.98. The summed E-state index contributed by atoms with van der Waals surface area (Å²) in [5, 5.41) is 17.9. The summed E-state index contributed by atoms with van der Waals surface area (Å²) in [6.07, 6.45) is -1.15. The van der Waals surface area contributed by atoms with Crippen LogP contribution >= 0.6 is 27.5 Å². The van der Waals surface area contributed by atoms with Gasteiger partial charge in [0.05, 0.1) is 6.07 Å². The van der Waals surface area contributed by atoms with E-state index < -0.39 is 6.10 Å². The van der Waals surface area contributed by atoms with Crippen molar-refractivity contribution in [1.82, 2.24) is 0 Å². The first-order valence-corrected chi connectivity index (χ1v) is 4.35. The van der Waals surface area contributed by atoms with Crippen LogP contribution in [0.25, 0.3) is 0 Å². The highest BCUT2D eigenvalue weighted by Crippen LogP contribution is 2.25. The fourth-order valence-electron chi connectivity index (χ4n) is 0.793. The van der Waals surface area contributed by atoms with E-state index in [-0.39, 0.29) is 0 Å². The number of benzene rings is 1. The minimum Gasteiger partial charge on any atom is -0.374 e. The van der Waals surface area contributed by atoms with Gasteiger partial charge in [0.2, 0.25) is 0 Å². The minimum atomic E-state index is -1.15. The van der Waals surface area contributed by atoms with Crippen molar-refractivity contribution in [3.63, 3.8) is 0 Å². The van der Waals surface area contributed by atoms with Crippen LogP contribution in [-0.2, 0) is 0 Å². The van der Waals surface area contributed by atoms with E-state index in [2.05, 4.69) is 15.9 Å². The van der Waals surface area contributed by atoms with Crippen molar-refractivity contribution in [3.8, 4) is 6.07 Å². The van der Waals surface area contributed by atoms with Crippen molar-refractivity contribution in [2.24, 2.45) is 0 Å². The second-order valence-corrected chi connectivity index (χ2v) is 3.52. The Bertz CT molecular complexity index is 334. The van der Waals surface area contributed by atoms with Gasteiger partial charge in [-0.05, 0) is 12.1 Å². The van der Waals surface area contributed by atoms with Gasteiger partial charge >= 0.3 is 0 Å². The maximum absolute atomic E-state index is 9.14. The summed E-state index contributed by atoms with van der Waals surface area (Å²) < 4.78 is 0.821. The summed E-state index contributed by atoms with van der Waals surface area (Å²) in [6, 6.07) is 6.67. The van der Waals surface area contributed by atoms with Gasteiger partial charge in [-0.2, -0.15) is 5.26 Å². The first kappa shape index (κ1) is 9.53. The first-order chi connectivity index (χ1) is 5.65. The van der Waals surface area contributed by atoms with Gasteiger partial charge in [0, 0.05) is 15.1 Å². The lowest BCUT2D eigenvalue weighted by molar-refractivity contribution is 0.236. The van der Waals surface area contributed by atoms with E-state index in [1.54, 1.807) is 24.3 Å². The van der Waals surface area contributed by atoms with Crippen LogP contribution in [0.15, 0.2) is 22.7 Å². The molecule has 0 bridgehead atoms. The van der Waals surface area contributed by atoms with Crippen LogP contribution < -0.4 is 0 Å². The molecule has 0 spiro atoms. The lowest BCUT2D eigenvalue weighted by Gasteiger charge is -2.04. The third-order valence-corrected chi connectivity index (χ3v) is 2.20. The van der Waals surface area contributed by atoms with Crippen LogP contribution in [0.3, 0.4) is 0 Å². The Hall–Kier alpha value is -0.560. The molecule has 1 atom stereocenters. The van der Waals surface area contributed by atoms with Crippen LogP contribution in [-0.4, -0.2) is 5.11 Å². The molecular weight excluding hydrogens is 241 g/mol. The molecule has 1 aromatic carbocycles. The van der Waals surface area contributed by atoms with Crippen LogP contribution in [0.4, 0.5) is 0 Å². The molecule has 4 heteroatoms. The smallest absolute Gasteiger partial charge is 0.167 e. The zero-order chi connectivity index (χ0) is 9.14. The maximum Gasteiger partial charge on any atom is 0.167 e. The van der Waals surface area contributed by atoms with E-state index in [4.69, 9.17) is 22.0 Å². The van der Waals surface area contributed by atoms with Crippen molar-refractivity contribution in [1.29, 1.82) is 5.26 Å².